The molecule has 0 atom stereocenters. The van der Waals surface area contributed by atoms with Crippen LogP contribution in [0.3, 0.4) is 0 Å². The largest absolute Gasteiger partial charge is 0.481 e. The average Bonchev–Trinajstić information content (AvgIpc) is 2.10. The zero-order chi connectivity index (χ0) is 10.6. The number of carboxylic acids is 1. The summed E-state index contributed by atoms with van der Waals surface area (Å²) in [5, 5.41) is 8.62. The maximum absolute atomic E-state index is 10.5. The molecule has 0 bridgehead atoms. The van der Waals surface area contributed by atoms with E-state index in [0.29, 0.717) is 0 Å². The van der Waals surface area contributed by atoms with E-state index in [1.54, 1.807) is 13.0 Å². The minimum Gasteiger partial charge on any atom is -0.481 e. The minimum absolute atomic E-state index is 0. The number of hydrogen-bond acceptors (Lipinski definition) is 1. The van der Waals surface area contributed by atoms with Crippen molar-refractivity contribution in [1.82, 2.24) is 0 Å². The van der Waals surface area contributed by atoms with Crippen molar-refractivity contribution in [2.45, 2.75) is 20.3 Å². The average molecular weight is 276 g/mol. The van der Waals surface area contributed by atoms with Crippen LogP contribution in [0, 0.1) is 24.8 Å². The van der Waals surface area contributed by atoms with Gasteiger partial charge < -0.3 is 5.11 Å². The van der Waals surface area contributed by atoms with Gasteiger partial charge in [-0.25, -0.2) is 0 Å². The summed E-state index contributed by atoms with van der Waals surface area (Å²) in [5.74, 6) is 4.85. The number of carbonyl (C=O) groups is 1. The van der Waals surface area contributed by atoms with Crippen LogP contribution in [0.4, 0.5) is 0 Å². The van der Waals surface area contributed by atoms with Crippen molar-refractivity contribution in [3.8, 4) is 11.8 Å². The van der Waals surface area contributed by atoms with Crippen molar-refractivity contribution in [3.63, 3.8) is 0 Å². The topological polar surface area (TPSA) is 37.3 Å². The van der Waals surface area contributed by atoms with E-state index in [-0.39, 0.29) is 39.1 Å². The molecule has 0 amide bonds. The zero-order valence-electron chi connectivity index (χ0n) is 8.79. The van der Waals surface area contributed by atoms with Crippen LogP contribution in [0.2, 0.25) is 0 Å². The van der Waals surface area contributed by atoms with Gasteiger partial charge in [-0.15, -0.1) is 17.4 Å². The van der Waals surface area contributed by atoms with Gasteiger partial charge in [-0.2, -0.15) is 23.8 Å². The van der Waals surface area contributed by atoms with Crippen LogP contribution in [-0.2, 0) is 43.9 Å². The third-order valence-corrected chi connectivity index (χ3v) is 1.85. The smallest absolute Gasteiger partial charge is 0.305 e. The number of carboxylic acid groups (broad SMARTS) is 1. The molecule has 2 nitrogen and oxygen atoms in total. The summed E-state index contributed by atoms with van der Waals surface area (Å²) < 4.78 is 0. The standard InChI is InChI=1S/C12H11O2.Y/c1-3-4-10-5-6-11(8-12(13)14)9(2)7-10;/h5,7H,8H2,1-2H3,(H,13,14);/q-1;. The second kappa shape index (κ2) is 6.77. The van der Waals surface area contributed by atoms with Crippen LogP contribution in [0.25, 0.3) is 0 Å². The SMILES string of the molecule is CC#Cc1c[c-]c(CC(=O)O)c(C)c1.[Y]. The molecule has 1 radical (unpaired) electrons. The van der Waals surface area contributed by atoms with E-state index >= 15 is 0 Å². The molecule has 0 aliphatic carbocycles. The van der Waals surface area contributed by atoms with Gasteiger partial charge in [0, 0.05) is 39.1 Å². The van der Waals surface area contributed by atoms with E-state index in [1.165, 1.54) is 0 Å². The Morgan fingerprint density at radius 1 is 1.60 bits per heavy atom. The molecule has 0 aliphatic rings. The van der Waals surface area contributed by atoms with Crippen LogP contribution < -0.4 is 0 Å². The molecule has 0 unspecified atom stereocenters. The number of aryl methyl sites for hydroxylation is 1. The maximum atomic E-state index is 10.5. The number of benzene rings is 1. The molecule has 1 rings (SSSR count). The Bertz CT molecular complexity index is 413. The molecule has 0 saturated heterocycles. The fourth-order valence-electron chi connectivity index (χ4n) is 1.20. The first-order chi connectivity index (χ1) is 6.63. The Balaban J connectivity index is 0.00000196. The Labute approximate surface area is 115 Å². The summed E-state index contributed by atoms with van der Waals surface area (Å²) in [4.78, 5) is 10.5. The van der Waals surface area contributed by atoms with Crippen LogP contribution >= 0.6 is 0 Å². The number of hydrogen-bond donors (Lipinski definition) is 1. The van der Waals surface area contributed by atoms with Crippen LogP contribution in [0.5, 0.6) is 0 Å². The summed E-state index contributed by atoms with van der Waals surface area (Å²) in [7, 11) is 0. The summed E-state index contributed by atoms with van der Waals surface area (Å²) >= 11 is 0. The van der Waals surface area contributed by atoms with Crippen molar-refractivity contribution in [2.24, 2.45) is 0 Å². The van der Waals surface area contributed by atoms with Crippen LogP contribution in [0.1, 0.15) is 23.6 Å². The van der Waals surface area contributed by atoms with Gasteiger partial charge in [0.15, 0.2) is 0 Å². The second-order valence-electron chi connectivity index (χ2n) is 3.00. The molecule has 1 aromatic carbocycles. The van der Waals surface area contributed by atoms with Gasteiger partial charge in [0.25, 0.3) is 0 Å². The van der Waals surface area contributed by atoms with Crippen molar-refractivity contribution in [1.29, 1.82) is 0 Å². The Hall–Kier alpha value is -0.646. The molecule has 0 saturated carbocycles. The third kappa shape index (κ3) is 4.60. The van der Waals surface area contributed by atoms with Gasteiger partial charge in [0.05, 0.1) is 0 Å². The van der Waals surface area contributed by atoms with Gasteiger partial charge in [0.2, 0.25) is 0 Å². The van der Waals surface area contributed by atoms with Gasteiger partial charge in [-0.1, -0.05) is 12.5 Å². The van der Waals surface area contributed by atoms with Crippen molar-refractivity contribution < 1.29 is 42.6 Å². The van der Waals surface area contributed by atoms with Crippen molar-refractivity contribution >= 4 is 5.97 Å². The molecule has 0 heterocycles. The first-order valence-electron chi connectivity index (χ1n) is 4.29. The predicted molar refractivity (Wildman–Crippen MR) is 53.9 cm³/mol. The van der Waals surface area contributed by atoms with Gasteiger partial charge in [-0.05, 0) is 6.92 Å². The Kier molecular flexibility index (Phi) is 6.48. The van der Waals surface area contributed by atoms with E-state index in [1.807, 2.05) is 13.0 Å². The summed E-state index contributed by atoms with van der Waals surface area (Å²) in [6.07, 6.45) is 0.0195. The molecule has 0 spiro atoms. The molecule has 0 fully saturated rings. The van der Waals surface area contributed by atoms with Gasteiger partial charge in [-0.3, -0.25) is 4.79 Å². The quantitative estimate of drug-likeness (QED) is 0.660. The van der Waals surface area contributed by atoms with Crippen LogP contribution in [0.15, 0.2) is 12.1 Å². The van der Waals surface area contributed by atoms with E-state index in [4.69, 9.17) is 5.11 Å². The van der Waals surface area contributed by atoms with Crippen LogP contribution in [-0.4, -0.2) is 11.1 Å². The molecule has 0 aromatic heterocycles. The monoisotopic (exact) mass is 276 g/mol. The summed E-state index contributed by atoms with van der Waals surface area (Å²) in [5.41, 5.74) is 2.52. The molecule has 0 aliphatic heterocycles. The molecule has 1 aromatic rings. The molecule has 1 N–H and O–H groups in total. The molecular weight excluding hydrogens is 265 g/mol. The van der Waals surface area contributed by atoms with Gasteiger partial charge in [0.1, 0.15) is 0 Å². The Morgan fingerprint density at radius 2 is 2.27 bits per heavy atom. The molecule has 3 heteroatoms. The maximum Gasteiger partial charge on any atom is 0.305 e. The van der Waals surface area contributed by atoms with E-state index in [9.17, 15) is 4.79 Å². The number of rotatable bonds is 2. The first-order valence-corrected chi connectivity index (χ1v) is 4.29. The van der Waals surface area contributed by atoms with Crippen molar-refractivity contribution in [3.05, 3.63) is 34.9 Å². The summed E-state index contributed by atoms with van der Waals surface area (Å²) in [6, 6.07) is 6.54. The zero-order valence-corrected chi connectivity index (χ0v) is 11.6. The summed E-state index contributed by atoms with van der Waals surface area (Å²) in [6.45, 7) is 3.64. The van der Waals surface area contributed by atoms with E-state index in [2.05, 4.69) is 17.9 Å². The van der Waals surface area contributed by atoms with Gasteiger partial charge >= 0.3 is 5.97 Å². The molecular formula is C12H11O2Y-. The van der Waals surface area contributed by atoms with E-state index in [0.717, 1.165) is 16.7 Å². The fraction of sp³-hybridized carbons (Fsp3) is 0.250. The first kappa shape index (κ1) is 14.4. The second-order valence-corrected chi connectivity index (χ2v) is 3.00. The number of aliphatic carboxylic acids is 1. The fourth-order valence-corrected chi connectivity index (χ4v) is 1.20. The minimum atomic E-state index is -0.835. The predicted octanol–water partition coefficient (Wildman–Crippen LogP) is 1.79. The third-order valence-electron chi connectivity index (χ3n) is 1.85. The Morgan fingerprint density at radius 3 is 2.73 bits per heavy atom. The molecule has 75 valence electrons. The normalized spacial score (nSPS) is 8.40. The molecule has 15 heavy (non-hydrogen) atoms. The van der Waals surface area contributed by atoms with Crippen molar-refractivity contribution in [2.75, 3.05) is 0 Å². The van der Waals surface area contributed by atoms with E-state index < -0.39 is 5.97 Å².